The zero-order valence-corrected chi connectivity index (χ0v) is 13.0. The van der Waals surface area contributed by atoms with Crippen molar-refractivity contribution in [2.45, 2.75) is 66.2 Å². The Kier molecular flexibility index (Phi) is 7.65. The quantitative estimate of drug-likeness (QED) is 0.612. The molecule has 0 heterocycles. The normalized spacial score (nSPS) is 19.7. The van der Waals surface area contributed by atoms with Crippen LogP contribution >= 0.6 is 0 Å². The molecule has 1 rings (SSSR count). The van der Waals surface area contributed by atoms with Gasteiger partial charge in [0.2, 0.25) is 0 Å². The molecule has 0 saturated heterocycles. The van der Waals surface area contributed by atoms with Gasteiger partial charge in [-0.15, -0.1) is 0 Å². The van der Waals surface area contributed by atoms with E-state index < -0.39 is 0 Å². The highest BCUT2D eigenvalue weighted by Crippen LogP contribution is 2.31. The van der Waals surface area contributed by atoms with E-state index in [0.717, 1.165) is 24.3 Å². The molecule has 0 aromatic heterocycles. The first-order valence-electron chi connectivity index (χ1n) is 8.04. The van der Waals surface area contributed by atoms with Gasteiger partial charge in [0.25, 0.3) is 0 Å². The fourth-order valence-electron chi connectivity index (χ4n) is 3.08. The lowest BCUT2D eigenvalue weighted by atomic mass is 9.80. The number of hydrogen-bond donors (Lipinski definition) is 1. The Morgan fingerprint density at radius 1 is 1.17 bits per heavy atom. The fraction of sp³-hybridized carbons (Fsp3) is 0.882. The standard InChI is InChI=1S/C17H33N/c1-5-9-15(4)17(13-18-12-14(2)3)16-10-7-6-8-11-16/h10,14-15,17-18H,5-9,11-13H2,1-4H3. The van der Waals surface area contributed by atoms with Crippen LogP contribution in [0.1, 0.15) is 66.2 Å². The molecule has 1 N–H and O–H groups in total. The summed E-state index contributed by atoms with van der Waals surface area (Å²) in [5.41, 5.74) is 1.75. The summed E-state index contributed by atoms with van der Waals surface area (Å²) in [4.78, 5) is 0. The zero-order chi connectivity index (χ0) is 13.4. The minimum absolute atomic E-state index is 0.757. The van der Waals surface area contributed by atoms with Crippen LogP contribution in [0, 0.1) is 17.8 Å². The van der Waals surface area contributed by atoms with E-state index in [4.69, 9.17) is 0 Å². The van der Waals surface area contributed by atoms with Gasteiger partial charge in [0.05, 0.1) is 0 Å². The molecule has 1 heteroatoms. The van der Waals surface area contributed by atoms with Crippen LogP contribution in [-0.2, 0) is 0 Å². The van der Waals surface area contributed by atoms with Crippen LogP contribution in [0.25, 0.3) is 0 Å². The van der Waals surface area contributed by atoms with Crippen molar-refractivity contribution in [2.24, 2.45) is 17.8 Å². The summed E-state index contributed by atoms with van der Waals surface area (Å²) in [6, 6.07) is 0. The Hall–Kier alpha value is -0.300. The van der Waals surface area contributed by atoms with E-state index in [1.165, 1.54) is 45.1 Å². The predicted molar refractivity (Wildman–Crippen MR) is 81.8 cm³/mol. The molecule has 1 aliphatic rings. The summed E-state index contributed by atoms with van der Waals surface area (Å²) in [6.45, 7) is 11.7. The topological polar surface area (TPSA) is 12.0 Å². The van der Waals surface area contributed by atoms with E-state index in [9.17, 15) is 0 Å². The Bertz CT molecular complexity index is 242. The average molecular weight is 251 g/mol. The molecular formula is C17H33N. The zero-order valence-electron chi connectivity index (χ0n) is 13.0. The Labute approximate surface area is 114 Å². The van der Waals surface area contributed by atoms with Crippen molar-refractivity contribution in [1.29, 1.82) is 0 Å². The molecule has 0 saturated carbocycles. The second-order valence-corrected chi connectivity index (χ2v) is 6.45. The third-order valence-corrected chi connectivity index (χ3v) is 4.15. The summed E-state index contributed by atoms with van der Waals surface area (Å²) in [7, 11) is 0. The molecule has 0 aromatic rings. The maximum atomic E-state index is 3.68. The summed E-state index contributed by atoms with van der Waals surface area (Å²) in [5, 5.41) is 3.68. The van der Waals surface area contributed by atoms with E-state index in [-0.39, 0.29) is 0 Å². The molecule has 2 unspecified atom stereocenters. The smallest absolute Gasteiger partial charge is 0.00195 e. The van der Waals surface area contributed by atoms with Gasteiger partial charge in [-0.3, -0.25) is 0 Å². The van der Waals surface area contributed by atoms with Crippen LogP contribution in [0.5, 0.6) is 0 Å². The van der Waals surface area contributed by atoms with Gasteiger partial charge in [0.1, 0.15) is 0 Å². The van der Waals surface area contributed by atoms with Crippen molar-refractivity contribution in [3.8, 4) is 0 Å². The molecule has 18 heavy (non-hydrogen) atoms. The highest BCUT2D eigenvalue weighted by Gasteiger charge is 2.21. The van der Waals surface area contributed by atoms with Crippen LogP contribution < -0.4 is 5.32 Å². The minimum atomic E-state index is 0.757. The maximum Gasteiger partial charge on any atom is 0.00195 e. The van der Waals surface area contributed by atoms with E-state index in [0.29, 0.717) is 0 Å². The molecule has 0 fully saturated rings. The molecule has 0 amide bonds. The molecule has 0 aromatic carbocycles. The van der Waals surface area contributed by atoms with Crippen LogP contribution in [0.15, 0.2) is 11.6 Å². The van der Waals surface area contributed by atoms with Crippen molar-refractivity contribution >= 4 is 0 Å². The van der Waals surface area contributed by atoms with E-state index in [1.807, 2.05) is 0 Å². The summed E-state index contributed by atoms with van der Waals surface area (Å²) in [6.07, 6.45) is 10.7. The third kappa shape index (κ3) is 5.56. The summed E-state index contributed by atoms with van der Waals surface area (Å²) < 4.78 is 0. The van der Waals surface area contributed by atoms with Gasteiger partial charge in [-0.1, -0.05) is 52.2 Å². The van der Waals surface area contributed by atoms with Crippen LogP contribution in [0.4, 0.5) is 0 Å². The van der Waals surface area contributed by atoms with E-state index in [2.05, 4.69) is 39.1 Å². The molecule has 1 nitrogen and oxygen atoms in total. The van der Waals surface area contributed by atoms with E-state index in [1.54, 1.807) is 5.57 Å². The largest absolute Gasteiger partial charge is 0.316 e. The first-order chi connectivity index (χ1) is 8.65. The Morgan fingerprint density at radius 2 is 1.94 bits per heavy atom. The van der Waals surface area contributed by atoms with Crippen LogP contribution in [0.2, 0.25) is 0 Å². The van der Waals surface area contributed by atoms with E-state index >= 15 is 0 Å². The van der Waals surface area contributed by atoms with Crippen molar-refractivity contribution in [2.75, 3.05) is 13.1 Å². The van der Waals surface area contributed by atoms with Crippen LogP contribution in [-0.4, -0.2) is 13.1 Å². The maximum absolute atomic E-state index is 3.68. The monoisotopic (exact) mass is 251 g/mol. The number of hydrogen-bond acceptors (Lipinski definition) is 1. The van der Waals surface area contributed by atoms with Crippen molar-refractivity contribution in [1.82, 2.24) is 5.32 Å². The lowest BCUT2D eigenvalue weighted by molar-refractivity contribution is 0.343. The number of allylic oxidation sites excluding steroid dienone is 1. The first kappa shape index (κ1) is 15.8. The third-order valence-electron chi connectivity index (χ3n) is 4.15. The van der Waals surface area contributed by atoms with Crippen molar-refractivity contribution in [3.05, 3.63) is 11.6 Å². The van der Waals surface area contributed by atoms with Gasteiger partial charge >= 0.3 is 0 Å². The molecule has 2 atom stereocenters. The SMILES string of the molecule is CCCC(C)C(CNCC(C)C)C1=CCCCC1. The predicted octanol–water partition coefficient (Wildman–Crippen LogP) is 4.78. The van der Waals surface area contributed by atoms with Gasteiger partial charge in [-0.25, -0.2) is 0 Å². The second kappa shape index (κ2) is 8.74. The number of rotatable bonds is 8. The molecule has 106 valence electrons. The molecule has 0 radical (unpaired) electrons. The fourth-order valence-corrected chi connectivity index (χ4v) is 3.08. The van der Waals surface area contributed by atoms with Gasteiger partial charge < -0.3 is 5.32 Å². The Balaban J connectivity index is 2.53. The molecule has 0 spiro atoms. The average Bonchev–Trinajstić information content (AvgIpc) is 2.35. The lowest BCUT2D eigenvalue weighted by Gasteiger charge is -2.29. The molecule has 1 aliphatic carbocycles. The second-order valence-electron chi connectivity index (χ2n) is 6.45. The van der Waals surface area contributed by atoms with Gasteiger partial charge in [0, 0.05) is 6.54 Å². The Morgan fingerprint density at radius 3 is 2.50 bits per heavy atom. The summed E-state index contributed by atoms with van der Waals surface area (Å²) >= 11 is 0. The first-order valence-corrected chi connectivity index (χ1v) is 8.04. The summed E-state index contributed by atoms with van der Waals surface area (Å²) in [5.74, 6) is 2.37. The van der Waals surface area contributed by atoms with Crippen LogP contribution in [0.3, 0.4) is 0 Å². The highest BCUT2D eigenvalue weighted by atomic mass is 14.9. The lowest BCUT2D eigenvalue weighted by Crippen LogP contribution is -2.31. The van der Waals surface area contributed by atoms with Gasteiger partial charge in [0.15, 0.2) is 0 Å². The molecule has 0 aliphatic heterocycles. The van der Waals surface area contributed by atoms with Gasteiger partial charge in [-0.2, -0.15) is 0 Å². The van der Waals surface area contributed by atoms with Gasteiger partial charge in [-0.05, 0) is 50.0 Å². The highest BCUT2D eigenvalue weighted by molar-refractivity contribution is 5.11. The molecular weight excluding hydrogens is 218 g/mol. The minimum Gasteiger partial charge on any atom is -0.316 e. The van der Waals surface area contributed by atoms with Crippen molar-refractivity contribution < 1.29 is 0 Å². The molecule has 0 bridgehead atoms. The van der Waals surface area contributed by atoms with Crippen molar-refractivity contribution in [3.63, 3.8) is 0 Å². The number of nitrogens with one attached hydrogen (secondary N) is 1.